The Morgan fingerprint density at radius 1 is 1.37 bits per heavy atom. The molecule has 1 aliphatic heterocycles. The van der Waals surface area contributed by atoms with Gasteiger partial charge in [-0.2, -0.15) is 0 Å². The van der Waals surface area contributed by atoms with Crippen LogP contribution in [0.3, 0.4) is 0 Å². The van der Waals surface area contributed by atoms with Crippen molar-refractivity contribution in [3.63, 3.8) is 0 Å². The molecule has 10 heteroatoms. The summed E-state index contributed by atoms with van der Waals surface area (Å²) < 4.78 is 23.1. The molecule has 2 aromatic heterocycles. The molecule has 1 unspecified atom stereocenters. The SMILES string of the molecule is CC1Cc2cc(S(N)(=O)=O)ccc2N1C(=O)CSc1ncnc2sccc12. The van der Waals surface area contributed by atoms with Crippen molar-refractivity contribution < 1.29 is 13.2 Å². The van der Waals surface area contributed by atoms with E-state index in [1.165, 1.54) is 35.5 Å². The lowest BCUT2D eigenvalue weighted by atomic mass is 10.1. The van der Waals surface area contributed by atoms with Crippen LogP contribution in [0, 0.1) is 0 Å². The Balaban J connectivity index is 1.56. The third kappa shape index (κ3) is 3.45. The van der Waals surface area contributed by atoms with E-state index < -0.39 is 10.0 Å². The molecular weight excluding hydrogens is 404 g/mol. The van der Waals surface area contributed by atoms with Crippen LogP contribution >= 0.6 is 23.1 Å². The van der Waals surface area contributed by atoms with Crippen LogP contribution < -0.4 is 10.0 Å². The van der Waals surface area contributed by atoms with Gasteiger partial charge in [-0.1, -0.05) is 11.8 Å². The first kappa shape index (κ1) is 18.4. The second-order valence-corrected chi connectivity index (χ2v) is 9.68. The van der Waals surface area contributed by atoms with Gasteiger partial charge >= 0.3 is 0 Å². The molecular formula is C17H16N4O3S3. The molecule has 1 amide bonds. The van der Waals surface area contributed by atoms with Crippen molar-refractivity contribution in [1.29, 1.82) is 0 Å². The van der Waals surface area contributed by atoms with Crippen molar-refractivity contribution in [2.45, 2.75) is 29.3 Å². The van der Waals surface area contributed by atoms with Gasteiger partial charge in [-0.3, -0.25) is 4.79 Å². The molecule has 3 heterocycles. The second kappa shape index (κ2) is 6.86. The third-order valence-corrected chi connectivity index (χ3v) is 7.14. The molecule has 1 atom stereocenters. The van der Waals surface area contributed by atoms with E-state index >= 15 is 0 Å². The number of carbonyl (C=O) groups excluding carboxylic acids is 1. The van der Waals surface area contributed by atoms with Gasteiger partial charge in [0.15, 0.2) is 0 Å². The second-order valence-electron chi connectivity index (χ2n) is 6.26. The highest BCUT2D eigenvalue weighted by Crippen LogP contribution is 2.35. The highest BCUT2D eigenvalue weighted by molar-refractivity contribution is 8.00. The van der Waals surface area contributed by atoms with Crippen LogP contribution in [-0.4, -0.2) is 36.1 Å². The van der Waals surface area contributed by atoms with Gasteiger partial charge in [0.05, 0.1) is 10.6 Å². The third-order valence-electron chi connectivity index (χ3n) is 4.42. The predicted octanol–water partition coefficient (Wildman–Crippen LogP) is 2.41. The summed E-state index contributed by atoms with van der Waals surface area (Å²) in [6, 6.07) is 6.56. The van der Waals surface area contributed by atoms with Gasteiger partial charge in [0.25, 0.3) is 0 Å². The number of carbonyl (C=O) groups is 1. The van der Waals surface area contributed by atoms with Gasteiger partial charge in [0.2, 0.25) is 15.9 Å². The standard InChI is InChI=1S/C17H16N4O3S3/c1-10-6-11-7-12(27(18,23)24)2-3-14(11)21(10)15(22)8-26-17-13-4-5-25-16(13)19-9-20-17/h2-5,7,9-10H,6,8H2,1H3,(H2,18,23,24). The topological polar surface area (TPSA) is 106 Å². The molecule has 3 aromatic rings. The van der Waals surface area contributed by atoms with E-state index in [2.05, 4.69) is 9.97 Å². The normalized spacial score (nSPS) is 16.7. The quantitative estimate of drug-likeness (QED) is 0.513. The van der Waals surface area contributed by atoms with E-state index in [9.17, 15) is 13.2 Å². The molecule has 2 N–H and O–H groups in total. The molecule has 0 bridgehead atoms. The number of primary sulfonamides is 1. The van der Waals surface area contributed by atoms with Gasteiger partial charge in [-0.25, -0.2) is 23.5 Å². The van der Waals surface area contributed by atoms with Crippen molar-refractivity contribution in [3.05, 3.63) is 41.5 Å². The van der Waals surface area contributed by atoms with Crippen molar-refractivity contribution in [2.24, 2.45) is 5.14 Å². The van der Waals surface area contributed by atoms with Gasteiger partial charge in [-0.15, -0.1) is 11.3 Å². The fraction of sp³-hybridized carbons (Fsp3) is 0.235. The molecule has 7 nitrogen and oxygen atoms in total. The molecule has 1 aliphatic rings. The zero-order valence-corrected chi connectivity index (χ0v) is 16.8. The van der Waals surface area contributed by atoms with Crippen LogP contribution in [0.2, 0.25) is 0 Å². The minimum absolute atomic E-state index is 0.0448. The number of aromatic nitrogens is 2. The number of hydrogen-bond donors (Lipinski definition) is 1. The average molecular weight is 421 g/mol. The molecule has 0 radical (unpaired) electrons. The van der Waals surface area contributed by atoms with Crippen molar-refractivity contribution >= 4 is 54.9 Å². The Kier molecular flexibility index (Phi) is 4.66. The van der Waals surface area contributed by atoms with E-state index in [1.807, 2.05) is 18.4 Å². The first-order valence-electron chi connectivity index (χ1n) is 8.13. The number of rotatable bonds is 4. The summed E-state index contributed by atoms with van der Waals surface area (Å²) >= 11 is 2.92. The Bertz CT molecular complexity index is 1140. The van der Waals surface area contributed by atoms with Gasteiger partial charge < -0.3 is 4.90 Å². The van der Waals surface area contributed by atoms with Crippen LogP contribution in [-0.2, 0) is 21.2 Å². The summed E-state index contributed by atoms with van der Waals surface area (Å²) in [5.41, 5.74) is 1.55. The van der Waals surface area contributed by atoms with Crippen LogP contribution in [0.25, 0.3) is 10.2 Å². The number of thioether (sulfide) groups is 1. The van der Waals surface area contributed by atoms with Gasteiger partial charge in [-0.05, 0) is 48.6 Å². The molecule has 0 aliphatic carbocycles. The van der Waals surface area contributed by atoms with Crippen molar-refractivity contribution in [1.82, 2.24) is 9.97 Å². The smallest absolute Gasteiger partial charge is 0.238 e. The first-order valence-corrected chi connectivity index (χ1v) is 11.5. The number of amides is 1. The van der Waals surface area contributed by atoms with Crippen LogP contribution in [0.15, 0.2) is 45.9 Å². The Hall–Kier alpha value is -2.01. The fourth-order valence-corrected chi connectivity index (χ4v) is 5.45. The number of nitrogens with zero attached hydrogens (tertiary/aromatic N) is 3. The van der Waals surface area contributed by atoms with Gasteiger partial charge in [0, 0.05) is 17.1 Å². The lowest BCUT2D eigenvalue weighted by Gasteiger charge is -2.22. The number of anilines is 1. The summed E-state index contributed by atoms with van der Waals surface area (Å²) in [6.45, 7) is 1.95. The van der Waals surface area contributed by atoms with E-state index in [1.54, 1.807) is 17.0 Å². The van der Waals surface area contributed by atoms with Crippen LogP contribution in [0.4, 0.5) is 5.69 Å². The summed E-state index contributed by atoms with van der Waals surface area (Å²) in [7, 11) is -3.76. The molecule has 0 spiro atoms. The number of fused-ring (bicyclic) bond motifs is 2. The molecule has 27 heavy (non-hydrogen) atoms. The van der Waals surface area contributed by atoms with E-state index in [0.717, 1.165) is 26.5 Å². The molecule has 140 valence electrons. The zero-order chi connectivity index (χ0) is 19.2. The predicted molar refractivity (Wildman–Crippen MR) is 107 cm³/mol. The molecule has 4 rings (SSSR count). The summed E-state index contributed by atoms with van der Waals surface area (Å²) in [5.74, 6) is 0.194. The maximum Gasteiger partial charge on any atom is 0.238 e. The van der Waals surface area contributed by atoms with Crippen LogP contribution in [0.1, 0.15) is 12.5 Å². The maximum atomic E-state index is 12.9. The van der Waals surface area contributed by atoms with Crippen molar-refractivity contribution in [2.75, 3.05) is 10.7 Å². The lowest BCUT2D eigenvalue weighted by Crippen LogP contribution is -2.37. The Morgan fingerprint density at radius 3 is 2.96 bits per heavy atom. The molecule has 0 saturated carbocycles. The summed E-state index contributed by atoms with van der Waals surface area (Å²) in [6.07, 6.45) is 2.10. The first-order chi connectivity index (χ1) is 12.8. The molecule has 0 fully saturated rings. The van der Waals surface area contributed by atoms with E-state index in [0.29, 0.717) is 6.42 Å². The lowest BCUT2D eigenvalue weighted by molar-refractivity contribution is -0.116. The number of sulfonamides is 1. The number of hydrogen-bond acceptors (Lipinski definition) is 7. The zero-order valence-electron chi connectivity index (χ0n) is 14.3. The van der Waals surface area contributed by atoms with Crippen molar-refractivity contribution in [3.8, 4) is 0 Å². The highest BCUT2D eigenvalue weighted by Gasteiger charge is 2.31. The maximum absolute atomic E-state index is 12.9. The minimum atomic E-state index is -3.76. The minimum Gasteiger partial charge on any atom is -0.308 e. The Morgan fingerprint density at radius 2 is 2.19 bits per heavy atom. The average Bonchev–Trinajstić information content (AvgIpc) is 3.21. The number of thiophene rings is 1. The van der Waals surface area contributed by atoms with Crippen LogP contribution in [0.5, 0.6) is 0 Å². The largest absolute Gasteiger partial charge is 0.308 e. The van der Waals surface area contributed by atoms with E-state index in [-0.39, 0.29) is 22.6 Å². The molecule has 0 saturated heterocycles. The highest BCUT2D eigenvalue weighted by atomic mass is 32.2. The summed E-state index contributed by atoms with van der Waals surface area (Å²) in [5, 5.41) is 8.89. The monoisotopic (exact) mass is 420 g/mol. The number of benzene rings is 1. The Labute approximate surface area is 164 Å². The van der Waals surface area contributed by atoms with E-state index in [4.69, 9.17) is 5.14 Å². The number of nitrogens with two attached hydrogens (primary N) is 1. The fourth-order valence-electron chi connectivity index (χ4n) is 3.25. The summed E-state index contributed by atoms with van der Waals surface area (Å²) in [4.78, 5) is 24.1. The molecule has 1 aromatic carbocycles. The van der Waals surface area contributed by atoms with Gasteiger partial charge in [0.1, 0.15) is 16.2 Å².